The van der Waals surface area contributed by atoms with E-state index in [-0.39, 0.29) is 0 Å². The highest BCUT2D eigenvalue weighted by molar-refractivity contribution is 5.68. The SMILES string of the molecule is Cc1c(N)cccc1-c1nncn1C1CC1. The molecule has 0 saturated heterocycles. The van der Waals surface area contributed by atoms with Gasteiger partial charge in [0.1, 0.15) is 6.33 Å². The van der Waals surface area contributed by atoms with E-state index < -0.39 is 0 Å². The summed E-state index contributed by atoms with van der Waals surface area (Å²) < 4.78 is 2.15. The molecule has 0 spiro atoms. The Morgan fingerprint density at radius 1 is 1.38 bits per heavy atom. The zero-order chi connectivity index (χ0) is 11.1. The number of benzene rings is 1. The van der Waals surface area contributed by atoms with Crippen molar-refractivity contribution in [3.63, 3.8) is 0 Å². The molecule has 82 valence electrons. The lowest BCUT2D eigenvalue weighted by molar-refractivity contribution is 0.745. The first-order chi connectivity index (χ1) is 7.77. The predicted octanol–water partition coefficient (Wildman–Crippen LogP) is 2.17. The van der Waals surface area contributed by atoms with Crippen LogP contribution in [-0.4, -0.2) is 14.8 Å². The summed E-state index contributed by atoms with van der Waals surface area (Å²) in [6.07, 6.45) is 4.27. The lowest BCUT2D eigenvalue weighted by Crippen LogP contribution is -1.99. The first-order valence-corrected chi connectivity index (χ1v) is 5.52. The summed E-state index contributed by atoms with van der Waals surface area (Å²) in [5, 5.41) is 8.21. The highest BCUT2D eigenvalue weighted by Gasteiger charge is 2.27. The molecule has 1 aromatic heterocycles. The van der Waals surface area contributed by atoms with Crippen LogP contribution in [0.4, 0.5) is 5.69 Å². The molecule has 0 atom stereocenters. The minimum Gasteiger partial charge on any atom is -0.398 e. The van der Waals surface area contributed by atoms with Crippen LogP contribution < -0.4 is 5.73 Å². The molecular formula is C12H14N4. The van der Waals surface area contributed by atoms with Gasteiger partial charge in [0, 0.05) is 17.3 Å². The van der Waals surface area contributed by atoms with Gasteiger partial charge in [-0.2, -0.15) is 0 Å². The van der Waals surface area contributed by atoms with Gasteiger partial charge in [0.05, 0.1) is 0 Å². The van der Waals surface area contributed by atoms with Crippen LogP contribution in [0.5, 0.6) is 0 Å². The molecule has 1 aromatic carbocycles. The average Bonchev–Trinajstić information content (AvgIpc) is 3.01. The van der Waals surface area contributed by atoms with Crippen molar-refractivity contribution < 1.29 is 0 Å². The van der Waals surface area contributed by atoms with Crippen molar-refractivity contribution in [2.45, 2.75) is 25.8 Å². The number of anilines is 1. The van der Waals surface area contributed by atoms with Crippen LogP contribution in [-0.2, 0) is 0 Å². The van der Waals surface area contributed by atoms with Crippen LogP contribution in [0.1, 0.15) is 24.4 Å². The molecule has 1 heterocycles. The van der Waals surface area contributed by atoms with Gasteiger partial charge in [-0.15, -0.1) is 10.2 Å². The smallest absolute Gasteiger partial charge is 0.164 e. The fraction of sp³-hybridized carbons (Fsp3) is 0.333. The van der Waals surface area contributed by atoms with Crippen LogP contribution in [0.15, 0.2) is 24.5 Å². The molecule has 0 bridgehead atoms. The summed E-state index contributed by atoms with van der Waals surface area (Å²) in [5.74, 6) is 0.937. The summed E-state index contributed by atoms with van der Waals surface area (Å²) in [6.45, 7) is 2.02. The van der Waals surface area contributed by atoms with Gasteiger partial charge < -0.3 is 10.3 Å². The maximum Gasteiger partial charge on any atom is 0.164 e. The average molecular weight is 214 g/mol. The van der Waals surface area contributed by atoms with Crippen molar-refractivity contribution >= 4 is 5.69 Å². The van der Waals surface area contributed by atoms with Gasteiger partial charge in [-0.1, -0.05) is 12.1 Å². The zero-order valence-corrected chi connectivity index (χ0v) is 9.22. The van der Waals surface area contributed by atoms with Gasteiger partial charge >= 0.3 is 0 Å². The molecule has 1 aliphatic carbocycles. The molecule has 0 unspecified atom stereocenters. The molecular weight excluding hydrogens is 200 g/mol. The normalized spacial score (nSPS) is 15.3. The van der Waals surface area contributed by atoms with E-state index in [1.165, 1.54) is 12.8 Å². The van der Waals surface area contributed by atoms with E-state index in [9.17, 15) is 0 Å². The molecule has 3 rings (SSSR count). The lowest BCUT2D eigenvalue weighted by Gasteiger charge is -2.09. The fourth-order valence-electron chi connectivity index (χ4n) is 1.95. The van der Waals surface area contributed by atoms with Crippen LogP contribution in [0.3, 0.4) is 0 Å². The van der Waals surface area contributed by atoms with Crippen LogP contribution in [0.2, 0.25) is 0 Å². The molecule has 2 N–H and O–H groups in total. The lowest BCUT2D eigenvalue weighted by atomic mass is 10.1. The van der Waals surface area contributed by atoms with E-state index in [1.807, 2.05) is 25.4 Å². The third-order valence-corrected chi connectivity index (χ3v) is 3.13. The number of nitrogens with two attached hydrogens (primary N) is 1. The molecule has 0 amide bonds. The van der Waals surface area contributed by atoms with E-state index in [1.54, 1.807) is 0 Å². The van der Waals surface area contributed by atoms with Crippen molar-refractivity contribution in [3.05, 3.63) is 30.1 Å². The van der Waals surface area contributed by atoms with E-state index in [0.29, 0.717) is 6.04 Å². The van der Waals surface area contributed by atoms with E-state index in [0.717, 1.165) is 22.6 Å². The second-order valence-electron chi connectivity index (χ2n) is 4.31. The number of hydrogen-bond donors (Lipinski definition) is 1. The molecule has 0 aliphatic heterocycles. The van der Waals surface area contributed by atoms with E-state index in [4.69, 9.17) is 5.73 Å². The Balaban J connectivity index is 2.14. The van der Waals surface area contributed by atoms with Crippen molar-refractivity contribution in [1.82, 2.24) is 14.8 Å². The highest BCUT2D eigenvalue weighted by atomic mass is 15.3. The molecule has 1 fully saturated rings. The molecule has 1 saturated carbocycles. The number of rotatable bonds is 2. The maximum absolute atomic E-state index is 5.91. The summed E-state index contributed by atoms with van der Waals surface area (Å²) in [4.78, 5) is 0. The Labute approximate surface area is 94.1 Å². The Morgan fingerprint density at radius 3 is 2.94 bits per heavy atom. The standard InChI is InChI=1S/C12H14N4/c1-8-10(3-2-4-11(8)13)12-15-14-7-16(12)9-5-6-9/h2-4,7,9H,5-6,13H2,1H3. The molecule has 2 aromatic rings. The second kappa shape index (κ2) is 3.33. The zero-order valence-electron chi connectivity index (χ0n) is 9.22. The summed E-state index contributed by atoms with van der Waals surface area (Å²) in [7, 11) is 0. The van der Waals surface area contributed by atoms with Gasteiger partial charge in [-0.3, -0.25) is 0 Å². The van der Waals surface area contributed by atoms with E-state index in [2.05, 4.69) is 20.8 Å². The van der Waals surface area contributed by atoms with Crippen molar-refractivity contribution in [2.24, 2.45) is 0 Å². The number of nitrogens with zero attached hydrogens (tertiary/aromatic N) is 3. The number of aromatic nitrogens is 3. The second-order valence-corrected chi connectivity index (χ2v) is 4.31. The Bertz CT molecular complexity index is 526. The van der Waals surface area contributed by atoms with Crippen molar-refractivity contribution in [2.75, 3.05) is 5.73 Å². The van der Waals surface area contributed by atoms with Crippen molar-refractivity contribution in [1.29, 1.82) is 0 Å². The molecule has 0 radical (unpaired) electrons. The largest absolute Gasteiger partial charge is 0.398 e. The number of nitrogen functional groups attached to an aromatic ring is 1. The molecule has 16 heavy (non-hydrogen) atoms. The monoisotopic (exact) mass is 214 g/mol. The molecule has 4 nitrogen and oxygen atoms in total. The Hall–Kier alpha value is -1.84. The van der Waals surface area contributed by atoms with Crippen LogP contribution in [0.25, 0.3) is 11.4 Å². The molecule has 4 heteroatoms. The van der Waals surface area contributed by atoms with Gasteiger partial charge in [0.25, 0.3) is 0 Å². The third kappa shape index (κ3) is 1.38. The van der Waals surface area contributed by atoms with Crippen LogP contribution in [0, 0.1) is 6.92 Å². The fourth-order valence-corrected chi connectivity index (χ4v) is 1.95. The molecule has 1 aliphatic rings. The van der Waals surface area contributed by atoms with Gasteiger partial charge in [0.15, 0.2) is 5.82 Å². The predicted molar refractivity (Wildman–Crippen MR) is 62.9 cm³/mol. The first kappa shape index (κ1) is 9.39. The van der Waals surface area contributed by atoms with Crippen molar-refractivity contribution in [3.8, 4) is 11.4 Å². The van der Waals surface area contributed by atoms with Gasteiger partial charge in [-0.25, -0.2) is 0 Å². The first-order valence-electron chi connectivity index (χ1n) is 5.52. The quantitative estimate of drug-likeness (QED) is 0.779. The Morgan fingerprint density at radius 2 is 2.19 bits per heavy atom. The topological polar surface area (TPSA) is 56.7 Å². The van der Waals surface area contributed by atoms with E-state index >= 15 is 0 Å². The highest BCUT2D eigenvalue weighted by Crippen LogP contribution is 2.38. The summed E-state index contributed by atoms with van der Waals surface area (Å²) >= 11 is 0. The van der Waals surface area contributed by atoms with Gasteiger partial charge in [0.2, 0.25) is 0 Å². The van der Waals surface area contributed by atoms with Gasteiger partial charge in [-0.05, 0) is 31.4 Å². The minimum atomic E-state index is 0.589. The number of hydrogen-bond acceptors (Lipinski definition) is 3. The summed E-state index contributed by atoms with van der Waals surface area (Å²) in [6, 6.07) is 6.51. The maximum atomic E-state index is 5.91. The Kier molecular flexibility index (Phi) is 1.96. The third-order valence-electron chi connectivity index (χ3n) is 3.13. The van der Waals surface area contributed by atoms with Crippen LogP contribution >= 0.6 is 0 Å². The minimum absolute atomic E-state index is 0.589. The summed E-state index contributed by atoms with van der Waals surface area (Å²) in [5.41, 5.74) is 8.89.